The van der Waals surface area contributed by atoms with Crippen LogP contribution in [-0.2, 0) is 4.79 Å². The van der Waals surface area contributed by atoms with Crippen molar-refractivity contribution in [3.63, 3.8) is 0 Å². The van der Waals surface area contributed by atoms with Crippen LogP contribution in [0.4, 0.5) is 10.2 Å². The van der Waals surface area contributed by atoms with Gasteiger partial charge in [0.2, 0.25) is 5.91 Å². The van der Waals surface area contributed by atoms with Gasteiger partial charge in [-0.3, -0.25) is 14.5 Å². The Balaban J connectivity index is 1.48. The van der Waals surface area contributed by atoms with Gasteiger partial charge < -0.3 is 19.4 Å². The highest BCUT2D eigenvalue weighted by Crippen LogP contribution is 2.47. The topological polar surface area (TPSA) is 69.2 Å². The molecule has 6 rings (SSSR count). The van der Waals surface area contributed by atoms with Crippen molar-refractivity contribution in [2.45, 2.75) is 44.3 Å². The number of halogens is 2. The molecule has 3 fully saturated rings. The molecule has 0 spiro atoms. The summed E-state index contributed by atoms with van der Waals surface area (Å²) >= 11 is 6.90. The maximum absolute atomic E-state index is 15.0. The van der Waals surface area contributed by atoms with Crippen molar-refractivity contribution in [3.8, 4) is 17.0 Å². The standard InChI is InChI=1S/C29H33ClFN5O3/c1-4-22(37)34-12-13-35-19(15-34)17-39-26-23(28(35)38)27(32-25(24(26)30)20-8-5-6-9-21(20)31)36-16-18(14-29(36,2)3)33-10-7-11-33/h4-6,8-9,18-19H,1,7,10-17H2,2-3H3/t18-,19+/m0/s1. The second-order valence-corrected chi connectivity index (χ2v) is 11.8. The lowest BCUT2D eigenvalue weighted by atomic mass is 9.97. The van der Waals surface area contributed by atoms with E-state index in [9.17, 15) is 9.59 Å². The molecule has 0 saturated carbocycles. The van der Waals surface area contributed by atoms with Crippen molar-refractivity contribution < 1.29 is 18.7 Å². The summed E-state index contributed by atoms with van der Waals surface area (Å²) in [5, 5.41) is 0.113. The molecule has 0 aliphatic carbocycles. The van der Waals surface area contributed by atoms with E-state index in [1.165, 1.54) is 18.6 Å². The van der Waals surface area contributed by atoms with Gasteiger partial charge in [-0.2, -0.15) is 0 Å². The minimum Gasteiger partial charge on any atom is -0.489 e. The average Bonchev–Trinajstić information content (AvgIpc) is 3.11. The molecule has 206 valence electrons. The van der Waals surface area contributed by atoms with E-state index in [4.69, 9.17) is 21.3 Å². The molecule has 2 atom stereocenters. The predicted molar refractivity (Wildman–Crippen MR) is 148 cm³/mol. The Hall–Kier alpha value is -3.17. The predicted octanol–water partition coefficient (Wildman–Crippen LogP) is 3.84. The van der Waals surface area contributed by atoms with Crippen LogP contribution in [0.2, 0.25) is 5.02 Å². The van der Waals surface area contributed by atoms with Gasteiger partial charge in [0, 0.05) is 43.3 Å². The third-order valence-electron chi connectivity index (χ3n) is 8.59. The molecule has 0 unspecified atom stereocenters. The second-order valence-electron chi connectivity index (χ2n) is 11.4. The maximum atomic E-state index is 15.0. The molecule has 2 aromatic rings. The zero-order chi connectivity index (χ0) is 27.5. The Morgan fingerprint density at radius 3 is 2.64 bits per heavy atom. The quantitative estimate of drug-likeness (QED) is 0.536. The van der Waals surface area contributed by atoms with Crippen molar-refractivity contribution in [3.05, 3.63) is 53.3 Å². The number of hydrogen-bond donors (Lipinski definition) is 0. The fourth-order valence-electron chi connectivity index (χ4n) is 6.34. The molecular weight excluding hydrogens is 521 g/mol. The monoisotopic (exact) mass is 553 g/mol. The number of rotatable bonds is 4. The number of carbonyl (C=O) groups excluding carboxylic acids is 2. The van der Waals surface area contributed by atoms with E-state index < -0.39 is 5.82 Å². The van der Waals surface area contributed by atoms with Crippen molar-refractivity contribution >= 4 is 29.2 Å². The largest absolute Gasteiger partial charge is 0.489 e. The third kappa shape index (κ3) is 4.36. The highest BCUT2D eigenvalue weighted by molar-refractivity contribution is 6.35. The molecule has 4 aliphatic rings. The van der Waals surface area contributed by atoms with Gasteiger partial charge >= 0.3 is 0 Å². The summed E-state index contributed by atoms with van der Waals surface area (Å²) < 4.78 is 21.3. The molecule has 8 nitrogen and oxygen atoms in total. The van der Waals surface area contributed by atoms with Crippen LogP contribution in [0.15, 0.2) is 36.9 Å². The molecule has 0 radical (unpaired) electrons. The van der Waals surface area contributed by atoms with Crippen LogP contribution < -0.4 is 9.64 Å². The number of pyridine rings is 1. The Labute approximate surface area is 233 Å². The van der Waals surface area contributed by atoms with Crippen LogP contribution in [0.5, 0.6) is 5.75 Å². The fraction of sp³-hybridized carbons (Fsp3) is 0.483. The number of nitrogens with zero attached hydrogens (tertiary/aromatic N) is 5. The molecule has 5 heterocycles. The average molecular weight is 554 g/mol. The van der Waals surface area contributed by atoms with E-state index >= 15 is 4.39 Å². The first kappa shape index (κ1) is 26.1. The normalized spacial score (nSPS) is 24.4. The molecule has 3 saturated heterocycles. The molecular formula is C29H33ClFN5O3. The fourth-order valence-corrected chi connectivity index (χ4v) is 6.63. The Morgan fingerprint density at radius 2 is 1.95 bits per heavy atom. The number of piperazine rings is 1. The number of benzene rings is 1. The molecule has 2 amide bonds. The SMILES string of the molecule is C=CC(=O)N1CCN2C(=O)c3c(N4C[C@@H](N5CCC5)CC4(C)C)nc(-c4ccccc4F)c(Cl)c3OC[C@H]2C1. The smallest absolute Gasteiger partial charge is 0.261 e. The van der Waals surface area contributed by atoms with E-state index in [0.29, 0.717) is 43.6 Å². The zero-order valence-electron chi connectivity index (χ0n) is 22.3. The van der Waals surface area contributed by atoms with E-state index in [1.54, 1.807) is 28.0 Å². The van der Waals surface area contributed by atoms with Crippen molar-refractivity contribution in [1.29, 1.82) is 0 Å². The van der Waals surface area contributed by atoms with Gasteiger partial charge in [0.25, 0.3) is 5.91 Å². The Morgan fingerprint density at radius 1 is 1.18 bits per heavy atom. The van der Waals surface area contributed by atoms with Crippen molar-refractivity contribution in [1.82, 2.24) is 19.7 Å². The van der Waals surface area contributed by atoms with Crippen LogP contribution in [-0.4, -0.2) is 95.0 Å². The first-order chi connectivity index (χ1) is 18.7. The van der Waals surface area contributed by atoms with Gasteiger partial charge in [0.05, 0.1) is 11.7 Å². The molecule has 1 aromatic heterocycles. The number of hydrogen-bond acceptors (Lipinski definition) is 6. The van der Waals surface area contributed by atoms with Crippen LogP contribution in [0.1, 0.15) is 37.0 Å². The van der Waals surface area contributed by atoms with Gasteiger partial charge in [-0.25, -0.2) is 9.37 Å². The van der Waals surface area contributed by atoms with Gasteiger partial charge in [-0.15, -0.1) is 0 Å². The van der Waals surface area contributed by atoms with Crippen LogP contribution in [0.25, 0.3) is 11.3 Å². The van der Waals surface area contributed by atoms with Gasteiger partial charge in [-0.1, -0.05) is 30.3 Å². The molecule has 1 aromatic carbocycles. The van der Waals surface area contributed by atoms with Gasteiger partial charge in [0.1, 0.15) is 28.8 Å². The number of amides is 2. The summed E-state index contributed by atoms with van der Waals surface area (Å²) in [5.74, 6) is -0.166. The zero-order valence-corrected chi connectivity index (χ0v) is 23.1. The van der Waals surface area contributed by atoms with Gasteiger partial charge in [-0.05, 0) is 58.0 Å². The van der Waals surface area contributed by atoms with E-state index in [-0.39, 0.29) is 52.0 Å². The van der Waals surface area contributed by atoms with Crippen LogP contribution in [0.3, 0.4) is 0 Å². The van der Waals surface area contributed by atoms with E-state index in [1.807, 2.05) is 0 Å². The van der Waals surface area contributed by atoms with Gasteiger partial charge in [0.15, 0.2) is 5.75 Å². The summed E-state index contributed by atoms with van der Waals surface area (Å²) in [5.41, 5.74) is 0.512. The van der Waals surface area contributed by atoms with Crippen molar-refractivity contribution in [2.24, 2.45) is 0 Å². The number of aromatic nitrogens is 1. The van der Waals surface area contributed by atoms with E-state index in [2.05, 4.69) is 30.2 Å². The van der Waals surface area contributed by atoms with Crippen molar-refractivity contribution in [2.75, 3.05) is 50.8 Å². The third-order valence-corrected chi connectivity index (χ3v) is 8.94. The van der Waals surface area contributed by atoms with Crippen LogP contribution >= 0.6 is 11.6 Å². The summed E-state index contributed by atoms with van der Waals surface area (Å²) in [6.07, 6.45) is 3.39. The summed E-state index contributed by atoms with van der Waals surface area (Å²) in [7, 11) is 0. The first-order valence-corrected chi connectivity index (χ1v) is 13.9. The number of anilines is 1. The maximum Gasteiger partial charge on any atom is 0.261 e. The molecule has 4 aliphatic heterocycles. The minimum absolute atomic E-state index is 0.113. The highest BCUT2D eigenvalue weighted by Gasteiger charge is 2.47. The number of fused-ring (bicyclic) bond motifs is 2. The number of likely N-dealkylation sites (tertiary alicyclic amines) is 1. The number of ether oxygens (including phenoxy) is 1. The summed E-state index contributed by atoms with van der Waals surface area (Å²) in [4.78, 5) is 39.6. The highest BCUT2D eigenvalue weighted by atomic mass is 35.5. The Kier molecular flexibility index (Phi) is 6.54. The second kappa shape index (κ2) is 9.78. The molecule has 39 heavy (non-hydrogen) atoms. The summed E-state index contributed by atoms with van der Waals surface area (Å²) in [6, 6.07) is 6.34. The first-order valence-electron chi connectivity index (χ1n) is 13.5. The molecule has 0 N–H and O–H groups in total. The lowest BCUT2D eigenvalue weighted by Gasteiger charge is -2.40. The lowest BCUT2D eigenvalue weighted by molar-refractivity contribution is -0.128. The Bertz CT molecular complexity index is 1350. The van der Waals surface area contributed by atoms with Crippen LogP contribution in [0, 0.1) is 5.82 Å². The van der Waals surface area contributed by atoms with E-state index in [0.717, 1.165) is 19.5 Å². The lowest BCUT2D eigenvalue weighted by Crippen LogP contribution is -2.57. The molecule has 0 bridgehead atoms. The molecule has 10 heteroatoms. The minimum atomic E-state index is -0.451. The summed E-state index contributed by atoms with van der Waals surface area (Å²) in [6.45, 7) is 12.0. The number of carbonyl (C=O) groups is 2.